The summed E-state index contributed by atoms with van der Waals surface area (Å²) in [4.78, 5) is -0.00838. The molecule has 10 heteroatoms. The van der Waals surface area contributed by atoms with E-state index in [1.54, 1.807) is 25.1 Å². The van der Waals surface area contributed by atoms with E-state index in [2.05, 4.69) is 4.72 Å². The predicted molar refractivity (Wildman–Crippen MR) is 121 cm³/mol. The van der Waals surface area contributed by atoms with E-state index in [1.807, 2.05) is 0 Å². The van der Waals surface area contributed by atoms with Crippen LogP contribution >= 0.6 is 11.6 Å². The summed E-state index contributed by atoms with van der Waals surface area (Å²) in [5.41, 5.74) is 2.33. The minimum absolute atomic E-state index is 0.106. The zero-order valence-corrected chi connectivity index (χ0v) is 19.4. The normalized spacial score (nSPS) is 14.7. The van der Waals surface area contributed by atoms with Crippen LogP contribution in [-0.2, 0) is 33.0 Å². The Bertz CT molecular complexity index is 1390. The zero-order chi connectivity index (χ0) is 23.1. The average Bonchev–Trinajstić information content (AvgIpc) is 2.75. The van der Waals surface area contributed by atoms with Crippen molar-refractivity contribution in [2.45, 2.75) is 29.7 Å². The summed E-state index contributed by atoms with van der Waals surface area (Å²) in [6.07, 6.45) is 0.498. The van der Waals surface area contributed by atoms with Crippen molar-refractivity contribution >= 4 is 37.3 Å². The van der Waals surface area contributed by atoms with Gasteiger partial charge in [0.05, 0.1) is 9.79 Å². The smallest absolute Gasteiger partial charge is 0.262 e. The molecule has 0 fully saturated rings. The van der Waals surface area contributed by atoms with Crippen molar-refractivity contribution in [3.8, 4) is 0 Å². The highest BCUT2D eigenvalue weighted by Gasteiger charge is 2.29. The van der Waals surface area contributed by atoms with Crippen LogP contribution in [0.25, 0.3) is 0 Å². The molecule has 168 valence electrons. The first-order chi connectivity index (χ1) is 15.1. The van der Waals surface area contributed by atoms with E-state index in [4.69, 9.17) is 11.6 Å². The molecule has 4 rings (SSSR count). The van der Waals surface area contributed by atoms with E-state index in [0.717, 1.165) is 11.6 Å². The minimum Gasteiger partial charge on any atom is -0.280 e. The molecule has 32 heavy (non-hydrogen) atoms. The highest BCUT2D eigenvalue weighted by Crippen LogP contribution is 2.29. The van der Waals surface area contributed by atoms with E-state index >= 15 is 0 Å². The van der Waals surface area contributed by atoms with Gasteiger partial charge in [0.25, 0.3) is 10.0 Å². The number of sulfonamides is 2. The topological polar surface area (TPSA) is 83.6 Å². The Kier molecular flexibility index (Phi) is 6.02. The number of hydrogen-bond donors (Lipinski definition) is 1. The van der Waals surface area contributed by atoms with Crippen molar-refractivity contribution in [2.24, 2.45) is 0 Å². The van der Waals surface area contributed by atoms with Gasteiger partial charge in [0.1, 0.15) is 5.82 Å². The van der Waals surface area contributed by atoms with Crippen LogP contribution in [0, 0.1) is 12.7 Å². The molecule has 0 atom stereocenters. The monoisotopic (exact) mass is 494 g/mol. The van der Waals surface area contributed by atoms with E-state index in [-0.39, 0.29) is 22.0 Å². The lowest BCUT2D eigenvalue weighted by molar-refractivity contribution is 0.391. The largest absolute Gasteiger partial charge is 0.280 e. The molecular formula is C22H20ClFN2O4S2. The van der Waals surface area contributed by atoms with Gasteiger partial charge in [-0.2, -0.15) is 4.31 Å². The Hall–Kier alpha value is -2.46. The number of halogens is 2. The molecule has 0 bridgehead atoms. The Morgan fingerprint density at radius 1 is 0.938 bits per heavy atom. The minimum atomic E-state index is -4.02. The quantitative estimate of drug-likeness (QED) is 0.572. The molecule has 0 aromatic heterocycles. The zero-order valence-electron chi connectivity index (χ0n) is 17.0. The van der Waals surface area contributed by atoms with Crippen molar-refractivity contribution in [3.63, 3.8) is 0 Å². The summed E-state index contributed by atoms with van der Waals surface area (Å²) >= 11 is 5.86. The molecule has 0 saturated carbocycles. The molecule has 0 amide bonds. The number of nitrogens with one attached hydrogen (secondary N) is 1. The fraction of sp³-hybridized carbons (Fsp3) is 0.182. The van der Waals surface area contributed by atoms with Crippen molar-refractivity contribution in [1.29, 1.82) is 0 Å². The lowest BCUT2D eigenvalue weighted by Gasteiger charge is -2.28. The van der Waals surface area contributed by atoms with Gasteiger partial charge in [0.15, 0.2) is 0 Å². The Morgan fingerprint density at radius 3 is 2.38 bits per heavy atom. The first kappa shape index (κ1) is 22.7. The number of anilines is 1. The van der Waals surface area contributed by atoms with Crippen LogP contribution in [-0.4, -0.2) is 27.7 Å². The first-order valence-corrected chi connectivity index (χ1v) is 13.0. The maximum absolute atomic E-state index is 13.6. The Morgan fingerprint density at radius 2 is 1.66 bits per heavy atom. The highest BCUT2D eigenvalue weighted by molar-refractivity contribution is 7.92. The van der Waals surface area contributed by atoms with E-state index in [1.165, 1.54) is 40.7 Å². The number of aryl methyl sites for hydroxylation is 1. The summed E-state index contributed by atoms with van der Waals surface area (Å²) in [7, 11) is -7.74. The molecular weight excluding hydrogens is 475 g/mol. The van der Waals surface area contributed by atoms with Gasteiger partial charge in [-0.05, 0) is 78.6 Å². The number of benzene rings is 3. The Labute approximate surface area is 191 Å². The molecule has 0 unspecified atom stereocenters. The van der Waals surface area contributed by atoms with Gasteiger partial charge < -0.3 is 0 Å². The third kappa shape index (κ3) is 4.52. The molecule has 0 saturated heterocycles. The third-order valence-electron chi connectivity index (χ3n) is 5.33. The number of nitrogens with zero attached hydrogens (tertiary/aromatic N) is 1. The summed E-state index contributed by atoms with van der Waals surface area (Å²) < 4.78 is 69.0. The summed E-state index contributed by atoms with van der Waals surface area (Å²) in [5, 5.41) is 0.443. The van der Waals surface area contributed by atoms with Gasteiger partial charge in [0, 0.05) is 23.8 Å². The van der Waals surface area contributed by atoms with E-state index < -0.39 is 25.9 Å². The molecule has 0 aliphatic carbocycles. The second-order valence-electron chi connectivity index (χ2n) is 7.54. The van der Waals surface area contributed by atoms with Crippen LogP contribution in [0.2, 0.25) is 5.02 Å². The van der Waals surface area contributed by atoms with E-state index in [0.29, 0.717) is 29.1 Å². The van der Waals surface area contributed by atoms with Crippen LogP contribution in [0.5, 0.6) is 0 Å². The summed E-state index contributed by atoms with van der Waals surface area (Å²) in [6, 6.07) is 14.5. The van der Waals surface area contributed by atoms with E-state index in [9.17, 15) is 21.2 Å². The van der Waals surface area contributed by atoms with Gasteiger partial charge in [0.2, 0.25) is 10.0 Å². The average molecular weight is 495 g/mol. The standard InChI is InChI=1S/C22H20ClFN2O4S2/c1-15-2-6-19(24)13-22(15)31(27,28)25-20-7-3-16-10-11-26(14-17(16)12-20)32(29,30)21-8-4-18(23)5-9-21/h2-9,12-13,25H,10-11,14H2,1H3. The van der Waals surface area contributed by atoms with Crippen LogP contribution in [0.4, 0.5) is 10.1 Å². The van der Waals surface area contributed by atoms with Crippen LogP contribution in [0.3, 0.4) is 0 Å². The Balaban J connectivity index is 1.60. The maximum Gasteiger partial charge on any atom is 0.262 e. The lowest BCUT2D eigenvalue weighted by Crippen LogP contribution is -2.36. The van der Waals surface area contributed by atoms with Crippen LogP contribution in [0.1, 0.15) is 16.7 Å². The molecule has 1 aliphatic rings. The fourth-order valence-electron chi connectivity index (χ4n) is 3.63. The van der Waals surface area contributed by atoms with Gasteiger partial charge in [-0.15, -0.1) is 0 Å². The first-order valence-electron chi connectivity index (χ1n) is 9.73. The third-order valence-corrected chi connectivity index (χ3v) is 8.96. The van der Waals surface area contributed by atoms with Crippen LogP contribution in [0.15, 0.2) is 70.5 Å². The van der Waals surface area contributed by atoms with Crippen molar-refractivity contribution in [2.75, 3.05) is 11.3 Å². The van der Waals surface area contributed by atoms with Crippen molar-refractivity contribution in [3.05, 3.63) is 88.2 Å². The van der Waals surface area contributed by atoms with Crippen LogP contribution < -0.4 is 4.72 Å². The fourth-order valence-corrected chi connectivity index (χ4v) is 6.48. The van der Waals surface area contributed by atoms with Gasteiger partial charge in [-0.25, -0.2) is 21.2 Å². The molecule has 1 aliphatic heterocycles. The molecule has 1 heterocycles. The second-order valence-corrected chi connectivity index (χ2v) is 11.6. The molecule has 3 aromatic rings. The number of hydrogen-bond acceptors (Lipinski definition) is 4. The van der Waals surface area contributed by atoms with Gasteiger partial charge in [-0.3, -0.25) is 4.72 Å². The lowest BCUT2D eigenvalue weighted by atomic mass is 10.0. The molecule has 0 radical (unpaired) electrons. The molecule has 0 spiro atoms. The van der Waals surface area contributed by atoms with Crippen molar-refractivity contribution < 1.29 is 21.2 Å². The summed E-state index contributed by atoms with van der Waals surface area (Å²) in [5.74, 6) is -0.649. The van der Waals surface area contributed by atoms with Crippen molar-refractivity contribution in [1.82, 2.24) is 4.31 Å². The predicted octanol–water partition coefficient (Wildman–Crippen LogP) is 4.34. The highest BCUT2D eigenvalue weighted by atomic mass is 35.5. The number of fused-ring (bicyclic) bond motifs is 1. The summed E-state index contributed by atoms with van der Waals surface area (Å²) in [6.45, 7) is 2.00. The van der Waals surface area contributed by atoms with Gasteiger partial charge in [-0.1, -0.05) is 23.7 Å². The molecule has 1 N–H and O–H groups in total. The molecule has 6 nitrogen and oxygen atoms in total. The second kappa shape index (κ2) is 8.47. The van der Waals surface area contributed by atoms with Gasteiger partial charge >= 0.3 is 0 Å². The SMILES string of the molecule is Cc1ccc(F)cc1S(=O)(=O)Nc1ccc2c(c1)CN(S(=O)(=O)c1ccc(Cl)cc1)CC2. The maximum atomic E-state index is 13.6. The number of rotatable bonds is 5. The molecule has 3 aromatic carbocycles.